The predicted molar refractivity (Wildman–Crippen MR) is 139 cm³/mol. The molecule has 0 aromatic heterocycles. The fourth-order valence-corrected chi connectivity index (χ4v) is 6.43. The van der Waals surface area contributed by atoms with Gasteiger partial charge in [0.1, 0.15) is 16.4 Å². The number of sulfonamides is 2. The molecule has 0 aliphatic carbocycles. The molecular weight excluding hydrogens is 575 g/mol. The summed E-state index contributed by atoms with van der Waals surface area (Å²) in [7, 11) is -5.56. The molecule has 0 saturated heterocycles. The van der Waals surface area contributed by atoms with Crippen molar-refractivity contribution in [1.29, 1.82) is 0 Å². The van der Waals surface area contributed by atoms with E-state index in [1.54, 1.807) is 6.07 Å². The van der Waals surface area contributed by atoms with Gasteiger partial charge >= 0.3 is 12.1 Å². The molecule has 1 amide bonds. The number of amides is 1. The van der Waals surface area contributed by atoms with Crippen molar-refractivity contribution < 1.29 is 44.3 Å². The van der Waals surface area contributed by atoms with Crippen molar-refractivity contribution in [2.45, 2.75) is 28.9 Å². The monoisotopic (exact) mass is 599 g/mol. The molecule has 214 valence electrons. The number of fused-ring (bicyclic) bond motifs is 1. The Morgan fingerprint density at radius 3 is 2.02 bits per heavy atom. The molecule has 0 fully saturated rings. The summed E-state index contributed by atoms with van der Waals surface area (Å²) in [5, 5.41) is 0. The Labute approximate surface area is 228 Å². The van der Waals surface area contributed by atoms with Crippen LogP contribution in [-0.4, -0.2) is 54.6 Å². The number of carbonyl (C=O) groups excluding carboxylic acids is 1. The Bertz CT molecular complexity index is 1640. The van der Waals surface area contributed by atoms with Crippen LogP contribution in [-0.2, 0) is 37.8 Å². The molecule has 1 heterocycles. The van der Waals surface area contributed by atoms with E-state index < -0.39 is 32.1 Å². The van der Waals surface area contributed by atoms with Gasteiger partial charge in [0.25, 0.3) is 20.0 Å². The topological polar surface area (TPSA) is 131 Å². The normalized spacial score (nSPS) is 13.8. The maximum absolute atomic E-state index is 13.0. The fourth-order valence-electron chi connectivity index (χ4n) is 4.08. The van der Waals surface area contributed by atoms with E-state index >= 15 is 0 Å². The largest absolute Gasteiger partial charge is 0.497 e. The van der Waals surface area contributed by atoms with Gasteiger partial charge in [0, 0.05) is 30.5 Å². The number of alkyl halides is 3. The maximum atomic E-state index is 13.0. The van der Waals surface area contributed by atoms with Gasteiger partial charge in [-0.15, -0.1) is 0 Å². The van der Waals surface area contributed by atoms with Crippen molar-refractivity contribution in [2.75, 3.05) is 30.2 Å². The molecule has 40 heavy (non-hydrogen) atoms. The van der Waals surface area contributed by atoms with Gasteiger partial charge in [-0.3, -0.25) is 14.2 Å². The average Bonchev–Trinajstić information content (AvgIpc) is 2.91. The smallest absolute Gasteiger partial charge is 0.471 e. The molecule has 1 aliphatic rings. The number of ether oxygens (including phenoxy) is 2. The zero-order valence-electron chi connectivity index (χ0n) is 21.2. The molecule has 0 radical (unpaired) electrons. The van der Waals surface area contributed by atoms with Crippen LogP contribution in [0.2, 0.25) is 0 Å². The molecule has 3 aromatic carbocycles. The van der Waals surface area contributed by atoms with Crippen LogP contribution in [0.4, 0.5) is 24.5 Å². The number of carbonyl (C=O) groups is 1. The molecule has 0 unspecified atom stereocenters. The Kier molecular flexibility index (Phi) is 7.90. The van der Waals surface area contributed by atoms with E-state index in [0.29, 0.717) is 21.8 Å². The van der Waals surface area contributed by atoms with E-state index in [-0.39, 0.29) is 46.4 Å². The third kappa shape index (κ3) is 6.25. The van der Waals surface area contributed by atoms with Gasteiger partial charge in [0.2, 0.25) is 0 Å². The van der Waals surface area contributed by atoms with E-state index in [0.717, 1.165) is 0 Å². The van der Waals surface area contributed by atoms with Crippen LogP contribution >= 0.6 is 0 Å². The summed E-state index contributed by atoms with van der Waals surface area (Å²) in [5.41, 5.74) is 1.18. The number of anilines is 2. The van der Waals surface area contributed by atoms with Gasteiger partial charge in [0.05, 0.1) is 19.1 Å². The first kappa shape index (κ1) is 29.0. The van der Waals surface area contributed by atoms with Crippen LogP contribution in [0.15, 0.2) is 70.5 Å². The quantitative estimate of drug-likeness (QED) is 0.403. The summed E-state index contributed by atoms with van der Waals surface area (Å²) in [5.74, 6) is -1.59. The van der Waals surface area contributed by atoms with Crippen molar-refractivity contribution in [1.82, 2.24) is 4.90 Å². The summed E-state index contributed by atoms with van der Waals surface area (Å²) in [6, 6.07) is 13.7. The third-order valence-electron chi connectivity index (χ3n) is 6.08. The molecule has 2 N–H and O–H groups in total. The second kappa shape index (κ2) is 10.9. The standard InChI is InChI=1S/C25H24F3N3O7S2/c1-37-20-8-10-22(38-2)23(14-20)40(35,36)30-19-6-4-18(5-7-19)29-39(33,34)21-9-3-16-11-12-31(15-17(16)13-21)24(32)25(26,27)28/h3-10,13-14,29-30H,11-12,15H2,1-2H3. The van der Waals surface area contributed by atoms with Crippen LogP contribution in [0.1, 0.15) is 11.1 Å². The first-order chi connectivity index (χ1) is 18.7. The number of methoxy groups -OCH3 is 2. The minimum atomic E-state index is -5.02. The van der Waals surface area contributed by atoms with Crippen molar-refractivity contribution in [2.24, 2.45) is 0 Å². The second-order valence-corrected chi connectivity index (χ2v) is 12.0. The third-order valence-corrected chi connectivity index (χ3v) is 8.86. The van der Waals surface area contributed by atoms with Gasteiger partial charge in [-0.25, -0.2) is 16.8 Å². The highest BCUT2D eigenvalue weighted by Crippen LogP contribution is 2.31. The highest BCUT2D eigenvalue weighted by molar-refractivity contribution is 7.93. The molecule has 1 aliphatic heterocycles. The number of benzene rings is 3. The van der Waals surface area contributed by atoms with Crippen molar-refractivity contribution >= 4 is 37.3 Å². The Morgan fingerprint density at radius 1 is 0.825 bits per heavy atom. The number of rotatable bonds is 8. The van der Waals surface area contributed by atoms with Crippen LogP contribution < -0.4 is 18.9 Å². The zero-order chi connectivity index (χ0) is 29.3. The highest BCUT2D eigenvalue weighted by atomic mass is 32.2. The van der Waals surface area contributed by atoms with E-state index in [2.05, 4.69) is 9.44 Å². The number of nitrogens with zero attached hydrogens (tertiary/aromatic N) is 1. The SMILES string of the molecule is COc1ccc(OC)c(S(=O)(=O)Nc2ccc(NS(=O)(=O)c3ccc4c(c3)CN(C(=O)C(F)(F)F)CC4)cc2)c1. The summed E-state index contributed by atoms with van der Waals surface area (Å²) >= 11 is 0. The fraction of sp³-hybridized carbons (Fsp3) is 0.240. The summed E-state index contributed by atoms with van der Waals surface area (Å²) < 4.78 is 105. The van der Waals surface area contributed by atoms with Gasteiger partial charge in [0.15, 0.2) is 0 Å². The molecule has 15 heteroatoms. The van der Waals surface area contributed by atoms with Crippen LogP contribution in [0.5, 0.6) is 11.5 Å². The Balaban J connectivity index is 1.50. The number of hydrogen-bond acceptors (Lipinski definition) is 7. The zero-order valence-corrected chi connectivity index (χ0v) is 22.8. The van der Waals surface area contributed by atoms with E-state index in [1.165, 1.54) is 68.8 Å². The Morgan fingerprint density at radius 2 is 1.45 bits per heavy atom. The van der Waals surface area contributed by atoms with Crippen molar-refractivity contribution in [3.05, 3.63) is 71.8 Å². The lowest BCUT2D eigenvalue weighted by molar-refractivity contribution is -0.186. The van der Waals surface area contributed by atoms with Gasteiger partial charge < -0.3 is 14.4 Å². The highest BCUT2D eigenvalue weighted by Gasteiger charge is 2.43. The molecule has 0 bridgehead atoms. The lowest BCUT2D eigenvalue weighted by Gasteiger charge is -2.29. The maximum Gasteiger partial charge on any atom is 0.471 e. The molecule has 3 aromatic rings. The molecule has 0 atom stereocenters. The van der Waals surface area contributed by atoms with Crippen LogP contribution in [0.3, 0.4) is 0 Å². The van der Waals surface area contributed by atoms with Crippen molar-refractivity contribution in [3.63, 3.8) is 0 Å². The first-order valence-corrected chi connectivity index (χ1v) is 14.6. The lowest BCUT2D eigenvalue weighted by atomic mass is 10.00. The van der Waals surface area contributed by atoms with Gasteiger partial charge in [-0.1, -0.05) is 6.07 Å². The average molecular weight is 600 g/mol. The van der Waals surface area contributed by atoms with Crippen LogP contribution in [0, 0.1) is 0 Å². The van der Waals surface area contributed by atoms with E-state index in [1.807, 2.05) is 0 Å². The minimum absolute atomic E-state index is 0.0913. The number of hydrogen-bond donors (Lipinski definition) is 2. The molecular formula is C25H24F3N3O7S2. The summed E-state index contributed by atoms with van der Waals surface area (Å²) in [6.07, 6.45) is -4.87. The minimum Gasteiger partial charge on any atom is -0.497 e. The molecule has 4 rings (SSSR count). The van der Waals surface area contributed by atoms with Crippen LogP contribution in [0.25, 0.3) is 0 Å². The molecule has 0 saturated carbocycles. The Hall–Kier alpha value is -3.98. The van der Waals surface area contributed by atoms with Gasteiger partial charge in [-0.05, 0) is 66.1 Å². The lowest BCUT2D eigenvalue weighted by Crippen LogP contribution is -2.43. The molecule has 0 spiro atoms. The van der Waals surface area contributed by atoms with Crippen molar-refractivity contribution in [3.8, 4) is 11.5 Å². The summed E-state index contributed by atoms with van der Waals surface area (Å²) in [6.45, 7) is -0.500. The van der Waals surface area contributed by atoms with E-state index in [9.17, 15) is 34.8 Å². The van der Waals surface area contributed by atoms with E-state index in [4.69, 9.17) is 9.47 Å². The summed E-state index contributed by atoms with van der Waals surface area (Å²) in [4.78, 5) is 11.9. The molecule has 10 nitrogen and oxygen atoms in total. The second-order valence-electron chi connectivity index (χ2n) is 8.71. The number of nitrogens with one attached hydrogen (secondary N) is 2. The van der Waals surface area contributed by atoms with Gasteiger partial charge in [-0.2, -0.15) is 13.2 Å². The first-order valence-electron chi connectivity index (χ1n) is 11.6. The number of halogens is 3. The predicted octanol–water partition coefficient (Wildman–Crippen LogP) is 3.75.